The molecule has 0 atom stereocenters. The number of thiophene rings is 1. The number of carboxylic acids is 1. The summed E-state index contributed by atoms with van der Waals surface area (Å²) in [6.45, 7) is 3.25. The Morgan fingerprint density at radius 1 is 1.09 bits per heavy atom. The first-order chi connectivity index (χ1) is 22.3. The van der Waals surface area contributed by atoms with Crippen molar-refractivity contribution in [3.8, 4) is 16.9 Å². The number of halogens is 5. The Morgan fingerprint density at radius 3 is 2.57 bits per heavy atom. The molecule has 1 N–H and O–H groups in total. The van der Waals surface area contributed by atoms with E-state index in [0.717, 1.165) is 6.07 Å². The molecular formula is C33H23Cl2F3N4O4S. The fourth-order valence-electron chi connectivity index (χ4n) is 5.46. The van der Waals surface area contributed by atoms with Crippen LogP contribution in [0.25, 0.3) is 32.2 Å². The van der Waals surface area contributed by atoms with E-state index >= 15 is 0 Å². The number of benzene rings is 2. The second-order valence-corrected chi connectivity index (χ2v) is 12.4. The molecular weight excluding hydrogens is 676 g/mol. The Balaban J connectivity index is 1.36. The van der Waals surface area contributed by atoms with Gasteiger partial charge in [-0.25, -0.2) is 9.78 Å². The molecule has 4 aromatic heterocycles. The van der Waals surface area contributed by atoms with Gasteiger partial charge in [0, 0.05) is 46.0 Å². The number of rotatable bonds is 8. The molecule has 2 aromatic carbocycles. The lowest BCUT2D eigenvalue weighted by Crippen LogP contribution is -2.27. The van der Waals surface area contributed by atoms with Gasteiger partial charge in [0.1, 0.15) is 18.2 Å². The van der Waals surface area contributed by atoms with Gasteiger partial charge < -0.3 is 9.84 Å². The van der Waals surface area contributed by atoms with E-state index in [2.05, 4.69) is 15.0 Å². The largest absolute Gasteiger partial charge is 0.491 e. The summed E-state index contributed by atoms with van der Waals surface area (Å²) >= 11 is 14.2. The highest BCUT2D eigenvalue weighted by Crippen LogP contribution is 2.41. The van der Waals surface area contributed by atoms with Crippen LogP contribution < -0.4 is 10.3 Å². The lowest BCUT2D eigenvalue weighted by molar-refractivity contribution is -0.138. The van der Waals surface area contributed by atoms with Gasteiger partial charge >= 0.3 is 12.1 Å². The van der Waals surface area contributed by atoms with E-state index in [1.807, 2.05) is 6.07 Å². The van der Waals surface area contributed by atoms with Gasteiger partial charge in [-0.3, -0.25) is 19.3 Å². The van der Waals surface area contributed by atoms with Crippen LogP contribution in [0.15, 0.2) is 65.0 Å². The van der Waals surface area contributed by atoms with Crippen molar-refractivity contribution in [1.82, 2.24) is 19.5 Å². The SMILES string of the molecule is Cc1cc(-c2cc(Cl)ccc2OCCn2c(C)nc3cc(C(F)(F)F)c(Cc4cccnc4)c(Cl)c3c2=O)c2scc(C(=O)O)c2n1. The second kappa shape index (κ2) is 12.6. The zero-order valence-electron chi connectivity index (χ0n) is 24.7. The van der Waals surface area contributed by atoms with Crippen LogP contribution in [-0.4, -0.2) is 37.2 Å². The van der Waals surface area contributed by atoms with Crippen molar-refractivity contribution in [1.29, 1.82) is 0 Å². The maximum absolute atomic E-state index is 14.2. The van der Waals surface area contributed by atoms with Crippen LogP contribution in [0, 0.1) is 13.8 Å². The molecule has 6 rings (SSSR count). The van der Waals surface area contributed by atoms with Crippen LogP contribution in [0.5, 0.6) is 5.75 Å². The number of nitrogens with zero attached hydrogens (tertiary/aromatic N) is 4. The fourth-order valence-corrected chi connectivity index (χ4v) is 6.99. The molecule has 0 bridgehead atoms. The smallest absolute Gasteiger partial charge is 0.416 e. The minimum atomic E-state index is -4.73. The summed E-state index contributed by atoms with van der Waals surface area (Å²) in [5.74, 6) is -0.498. The summed E-state index contributed by atoms with van der Waals surface area (Å²) in [7, 11) is 0. The maximum Gasteiger partial charge on any atom is 0.416 e. The molecule has 0 fully saturated rings. The molecule has 0 spiro atoms. The molecule has 0 aliphatic carbocycles. The molecule has 8 nitrogen and oxygen atoms in total. The van der Waals surface area contributed by atoms with E-state index in [0.29, 0.717) is 43.4 Å². The molecule has 47 heavy (non-hydrogen) atoms. The number of hydrogen-bond acceptors (Lipinski definition) is 7. The summed E-state index contributed by atoms with van der Waals surface area (Å²) < 4.78 is 50.5. The van der Waals surface area contributed by atoms with E-state index < -0.39 is 23.3 Å². The Morgan fingerprint density at radius 2 is 1.87 bits per heavy atom. The van der Waals surface area contributed by atoms with Gasteiger partial charge in [0.2, 0.25) is 0 Å². The van der Waals surface area contributed by atoms with E-state index in [-0.39, 0.29) is 52.4 Å². The average molecular weight is 700 g/mol. The van der Waals surface area contributed by atoms with Gasteiger partial charge in [-0.2, -0.15) is 13.2 Å². The molecule has 0 aliphatic heterocycles. The van der Waals surface area contributed by atoms with Crippen LogP contribution in [0.4, 0.5) is 13.2 Å². The molecule has 14 heteroatoms. The molecule has 0 saturated heterocycles. The van der Waals surface area contributed by atoms with Crippen molar-refractivity contribution >= 4 is 61.6 Å². The normalized spacial score (nSPS) is 11.8. The highest BCUT2D eigenvalue weighted by Gasteiger charge is 2.36. The first-order valence-corrected chi connectivity index (χ1v) is 15.7. The summed E-state index contributed by atoms with van der Waals surface area (Å²) in [5, 5.41) is 11.1. The molecule has 0 aliphatic rings. The highest BCUT2D eigenvalue weighted by atomic mass is 35.5. The predicted octanol–water partition coefficient (Wildman–Crippen LogP) is 8.38. The fraction of sp³-hybridized carbons (Fsp3) is 0.182. The number of carbonyl (C=O) groups is 1. The third-order valence-corrected chi connectivity index (χ3v) is 9.23. The van der Waals surface area contributed by atoms with Gasteiger partial charge in [0.25, 0.3) is 5.56 Å². The van der Waals surface area contributed by atoms with E-state index in [1.165, 1.54) is 40.6 Å². The Hall–Kier alpha value is -4.52. The minimum absolute atomic E-state index is 0.00207. The number of hydrogen-bond donors (Lipinski definition) is 1. The zero-order chi connectivity index (χ0) is 33.6. The van der Waals surface area contributed by atoms with Gasteiger partial charge in [0.05, 0.1) is 43.8 Å². The Bertz CT molecular complexity index is 2260. The Kier molecular flexibility index (Phi) is 8.68. The van der Waals surface area contributed by atoms with Crippen molar-refractivity contribution in [2.45, 2.75) is 33.0 Å². The minimum Gasteiger partial charge on any atom is -0.491 e. The number of ether oxygens (including phenoxy) is 1. The third kappa shape index (κ3) is 6.28. The highest BCUT2D eigenvalue weighted by molar-refractivity contribution is 7.18. The number of pyridine rings is 2. The van der Waals surface area contributed by atoms with Crippen molar-refractivity contribution in [3.05, 3.63) is 114 Å². The van der Waals surface area contributed by atoms with Gasteiger partial charge in [0.15, 0.2) is 0 Å². The van der Waals surface area contributed by atoms with Gasteiger partial charge in [-0.15, -0.1) is 11.3 Å². The zero-order valence-corrected chi connectivity index (χ0v) is 27.0. The van der Waals surface area contributed by atoms with Crippen LogP contribution in [0.2, 0.25) is 10.0 Å². The predicted molar refractivity (Wildman–Crippen MR) is 175 cm³/mol. The first-order valence-electron chi connectivity index (χ1n) is 14.1. The molecule has 240 valence electrons. The summed E-state index contributed by atoms with van der Waals surface area (Å²) in [6, 6.07) is 10.9. The van der Waals surface area contributed by atoms with Crippen molar-refractivity contribution in [2.75, 3.05) is 6.61 Å². The number of carboxylic acid groups (broad SMARTS) is 1. The van der Waals surface area contributed by atoms with Gasteiger partial charge in [-0.1, -0.05) is 29.3 Å². The van der Waals surface area contributed by atoms with Crippen molar-refractivity contribution < 1.29 is 27.8 Å². The number of aryl methyl sites for hydroxylation is 2. The van der Waals surface area contributed by atoms with Crippen molar-refractivity contribution in [2.24, 2.45) is 0 Å². The second-order valence-electron chi connectivity index (χ2n) is 10.7. The molecule has 0 saturated carbocycles. The van der Waals surface area contributed by atoms with E-state index in [9.17, 15) is 27.9 Å². The topological polar surface area (TPSA) is 107 Å². The summed E-state index contributed by atoms with van der Waals surface area (Å²) in [6.07, 6.45) is -1.97. The lowest BCUT2D eigenvalue weighted by atomic mass is 9.97. The lowest BCUT2D eigenvalue weighted by Gasteiger charge is -2.18. The third-order valence-electron chi connectivity index (χ3n) is 7.57. The van der Waals surface area contributed by atoms with E-state index in [1.54, 1.807) is 37.3 Å². The van der Waals surface area contributed by atoms with Crippen LogP contribution in [0.3, 0.4) is 0 Å². The van der Waals surface area contributed by atoms with Gasteiger partial charge in [-0.05, 0) is 61.4 Å². The molecule has 0 unspecified atom stereocenters. The molecule has 4 heterocycles. The molecule has 0 radical (unpaired) electrons. The number of fused-ring (bicyclic) bond motifs is 2. The quantitative estimate of drug-likeness (QED) is 0.170. The number of alkyl halides is 3. The van der Waals surface area contributed by atoms with Crippen molar-refractivity contribution in [3.63, 3.8) is 0 Å². The first kappa shape index (κ1) is 32.4. The average Bonchev–Trinajstić information content (AvgIpc) is 3.44. The van der Waals surface area contributed by atoms with Crippen LogP contribution in [0.1, 0.15) is 38.6 Å². The summed E-state index contributed by atoms with van der Waals surface area (Å²) in [4.78, 5) is 38.3. The standard InChI is InChI=1S/C33H23Cl2F3N4O4S/c1-16-10-21(30-29(40-16)23(15-47-30)32(44)45)20-12-19(34)5-6-26(20)46-9-8-42-17(2)41-25-13-24(33(36,37)38)22(28(35)27(25)31(42)43)11-18-4-3-7-39-14-18/h3-7,10,12-15H,8-9,11H2,1-2H3,(H,44,45). The monoisotopic (exact) mass is 698 g/mol. The molecule has 6 aromatic rings. The summed E-state index contributed by atoms with van der Waals surface area (Å²) in [5.41, 5.74) is 0.816. The maximum atomic E-state index is 14.2. The van der Waals surface area contributed by atoms with E-state index in [4.69, 9.17) is 27.9 Å². The number of aromatic nitrogens is 4. The number of aromatic carboxylic acids is 1. The van der Waals surface area contributed by atoms with Crippen LogP contribution in [-0.2, 0) is 19.1 Å². The Labute approximate surface area is 279 Å². The molecule has 0 amide bonds. The van der Waals surface area contributed by atoms with Crippen LogP contribution >= 0.6 is 34.5 Å².